The molecule has 1 aliphatic heterocycles. The van der Waals surface area contributed by atoms with Gasteiger partial charge in [-0.2, -0.15) is 0 Å². The molecule has 1 fully saturated rings. The molecule has 1 aromatic carbocycles. The lowest BCUT2D eigenvalue weighted by molar-refractivity contribution is -0.142. The Kier molecular flexibility index (Phi) is 4.34. The van der Waals surface area contributed by atoms with Gasteiger partial charge in [-0.25, -0.2) is 0 Å². The number of aliphatic hydroxyl groups is 1. The van der Waals surface area contributed by atoms with Crippen molar-refractivity contribution in [1.29, 1.82) is 0 Å². The number of rotatable bonds is 5. The van der Waals surface area contributed by atoms with Crippen molar-refractivity contribution >= 4 is 23.2 Å². The minimum absolute atomic E-state index is 0.103. The third-order valence-corrected chi connectivity index (χ3v) is 5.23. The van der Waals surface area contributed by atoms with Crippen LogP contribution in [0, 0.1) is 5.41 Å². The lowest BCUT2D eigenvalue weighted by Crippen LogP contribution is -2.51. The van der Waals surface area contributed by atoms with Crippen LogP contribution in [0.25, 0.3) is 0 Å². The minimum atomic E-state index is -1.03. The number of amides is 1. The predicted molar refractivity (Wildman–Crippen MR) is 88.5 cm³/mol. The molecule has 3 rings (SSSR count). The minimum Gasteiger partial charge on any atom is -0.396 e. The predicted octanol–water partition coefficient (Wildman–Crippen LogP) is 2.50. The summed E-state index contributed by atoms with van der Waals surface area (Å²) in [6.07, 6.45) is 3.37. The summed E-state index contributed by atoms with van der Waals surface area (Å²) >= 11 is 6.18. The monoisotopic (exact) mass is 336 g/mol. The molecule has 0 spiro atoms. The van der Waals surface area contributed by atoms with Crippen molar-refractivity contribution in [3.63, 3.8) is 0 Å². The number of carbonyl (C=O) groups is 1. The van der Waals surface area contributed by atoms with E-state index in [1.807, 2.05) is 18.2 Å². The molecule has 0 bridgehead atoms. The van der Waals surface area contributed by atoms with Crippen molar-refractivity contribution in [2.45, 2.75) is 38.2 Å². The van der Waals surface area contributed by atoms with E-state index in [-0.39, 0.29) is 17.9 Å². The van der Waals surface area contributed by atoms with Crippen molar-refractivity contribution in [1.82, 2.24) is 5.32 Å². The zero-order valence-corrected chi connectivity index (χ0v) is 13.9. The van der Waals surface area contributed by atoms with Gasteiger partial charge in [-0.15, -0.1) is 0 Å². The van der Waals surface area contributed by atoms with Gasteiger partial charge in [0.15, 0.2) is 0 Å². The highest BCUT2D eigenvalue weighted by atomic mass is 35.5. The second-order valence-electron chi connectivity index (χ2n) is 6.71. The Morgan fingerprint density at radius 2 is 2.17 bits per heavy atom. The second kappa shape index (κ2) is 6.13. The van der Waals surface area contributed by atoms with E-state index >= 15 is 0 Å². The second-order valence-corrected chi connectivity index (χ2v) is 7.12. The maximum atomic E-state index is 12.5. The van der Waals surface area contributed by atoms with Gasteiger partial charge in [0.1, 0.15) is 0 Å². The molecule has 1 aliphatic carbocycles. The van der Waals surface area contributed by atoms with Crippen LogP contribution in [0.5, 0.6) is 0 Å². The van der Waals surface area contributed by atoms with E-state index in [2.05, 4.69) is 10.5 Å². The van der Waals surface area contributed by atoms with Gasteiger partial charge in [0, 0.05) is 29.0 Å². The molecular formula is C17H21ClN2O3. The molecule has 23 heavy (non-hydrogen) atoms. The molecule has 6 heteroatoms. The smallest absolute Gasteiger partial charge is 0.267 e. The SMILES string of the molecule is CC1(C(=O)NCC2(CO)CCC2)CC(c2ccccc2Cl)=NO1. The van der Waals surface area contributed by atoms with Crippen molar-refractivity contribution < 1.29 is 14.7 Å². The number of halogens is 1. The first kappa shape index (κ1) is 16.3. The van der Waals surface area contributed by atoms with Crippen LogP contribution in [0.2, 0.25) is 5.02 Å². The van der Waals surface area contributed by atoms with E-state index in [4.69, 9.17) is 16.4 Å². The normalized spacial score (nSPS) is 25.3. The topological polar surface area (TPSA) is 70.9 Å². The maximum Gasteiger partial charge on any atom is 0.267 e. The molecule has 1 unspecified atom stereocenters. The number of aliphatic hydroxyl groups excluding tert-OH is 1. The standard InChI is InChI=1S/C17H21ClN2O3/c1-16(15(22)19-10-17(11-21)7-4-8-17)9-14(20-23-16)12-5-2-3-6-13(12)18/h2-3,5-6,21H,4,7-11H2,1H3,(H,19,22). The van der Waals surface area contributed by atoms with Crippen LogP contribution in [0.4, 0.5) is 0 Å². The summed E-state index contributed by atoms with van der Waals surface area (Å²) in [7, 11) is 0. The molecule has 2 N–H and O–H groups in total. The van der Waals surface area contributed by atoms with Gasteiger partial charge in [-0.1, -0.05) is 41.4 Å². The first-order valence-electron chi connectivity index (χ1n) is 7.87. The number of oxime groups is 1. The van der Waals surface area contributed by atoms with E-state index < -0.39 is 5.60 Å². The van der Waals surface area contributed by atoms with Gasteiger partial charge in [-0.05, 0) is 25.8 Å². The Bertz CT molecular complexity index is 637. The van der Waals surface area contributed by atoms with E-state index in [1.165, 1.54) is 0 Å². The fraction of sp³-hybridized carbons (Fsp3) is 0.529. The highest BCUT2D eigenvalue weighted by Crippen LogP contribution is 2.40. The Labute approximate surface area is 140 Å². The van der Waals surface area contributed by atoms with E-state index in [0.717, 1.165) is 24.8 Å². The molecule has 1 amide bonds. The number of benzene rings is 1. The number of nitrogens with zero attached hydrogens (tertiary/aromatic N) is 1. The van der Waals surface area contributed by atoms with Crippen molar-refractivity contribution in [3.05, 3.63) is 34.9 Å². The van der Waals surface area contributed by atoms with Crippen LogP contribution < -0.4 is 5.32 Å². The zero-order chi connectivity index (χ0) is 16.5. The van der Waals surface area contributed by atoms with Gasteiger partial charge < -0.3 is 15.3 Å². The lowest BCUT2D eigenvalue weighted by Gasteiger charge is -2.40. The zero-order valence-electron chi connectivity index (χ0n) is 13.1. The molecule has 1 aromatic rings. The fourth-order valence-corrected chi connectivity index (χ4v) is 3.27. The molecule has 124 valence electrons. The van der Waals surface area contributed by atoms with E-state index in [0.29, 0.717) is 23.7 Å². The Morgan fingerprint density at radius 1 is 1.43 bits per heavy atom. The average Bonchev–Trinajstić information content (AvgIpc) is 2.90. The number of carbonyl (C=O) groups excluding carboxylic acids is 1. The molecule has 0 radical (unpaired) electrons. The third kappa shape index (κ3) is 3.08. The molecule has 1 heterocycles. The van der Waals surface area contributed by atoms with Crippen LogP contribution in [0.1, 0.15) is 38.2 Å². The lowest BCUT2D eigenvalue weighted by atomic mass is 9.69. The number of hydrogen-bond acceptors (Lipinski definition) is 4. The number of nitrogens with one attached hydrogen (secondary N) is 1. The summed E-state index contributed by atoms with van der Waals surface area (Å²) in [6.45, 7) is 2.30. The summed E-state index contributed by atoms with van der Waals surface area (Å²) in [5, 5.41) is 17.0. The van der Waals surface area contributed by atoms with E-state index in [1.54, 1.807) is 13.0 Å². The molecule has 1 saturated carbocycles. The molecule has 0 saturated heterocycles. The summed E-state index contributed by atoms with van der Waals surface area (Å²) < 4.78 is 0. The average molecular weight is 337 g/mol. The highest BCUT2D eigenvalue weighted by Gasteiger charge is 2.44. The van der Waals surface area contributed by atoms with Crippen molar-refractivity contribution in [2.75, 3.05) is 13.2 Å². The van der Waals surface area contributed by atoms with Crippen LogP contribution in [-0.4, -0.2) is 35.5 Å². The van der Waals surface area contributed by atoms with Crippen molar-refractivity contribution in [3.8, 4) is 0 Å². The molecule has 0 aromatic heterocycles. The van der Waals surface area contributed by atoms with Gasteiger partial charge in [0.25, 0.3) is 5.91 Å². The summed E-state index contributed by atoms with van der Waals surface area (Å²) in [6, 6.07) is 7.38. The largest absolute Gasteiger partial charge is 0.396 e. The van der Waals surface area contributed by atoms with Gasteiger partial charge >= 0.3 is 0 Å². The Morgan fingerprint density at radius 3 is 2.78 bits per heavy atom. The fourth-order valence-electron chi connectivity index (χ4n) is 3.02. The first-order chi connectivity index (χ1) is 11.0. The highest BCUT2D eigenvalue weighted by molar-refractivity contribution is 6.34. The van der Waals surface area contributed by atoms with Crippen LogP contribution >= 0.6 is 11.6 Å². The Hall–Kier alpha value is -1.59. The summed E-state index contributed by atoms with van der Waals surface area (Å²) in [5.41, 5.74) is 0.275. The number of hydrogen-bond donors (Lipinski definition) is 2. The van der Waals surface area contributed by atoms with Crippen molar-refractivity contribution in [2.24, 2.45) is 10.6 Å². The Balaban J connectivity index is 1.63. The maximum absolute atomic E-state index is 12.5. The molecular weight excluding hydrogens is 316 g/mol. The van der Waals surface area contributed by atoms with Crippen LogP contribution in [0.3, 0.4) is 0 Å². The van der Waals surface area contributed by atoms with Gasteiger partial charge in [0.05, 0.1) is 12.3 Å². The van der Waals surface area contributed by atoms with Crippen LogP contribution in [-0.2, 0) is 9.63 Å². The van der Waals surface area contributed by atoms with Gasteiger partial charge in [-0.3, -0.25) is 4.79 Å². The van der Waals surface area contributed by atoms with Gasteiger partial charge in [0.2, 0.25) is 5.60 Å². The third-order valence-electron chi connectivity index (χ3n) is 4.90. The molecule has 5 nitrogen and oxygen atoms in total. The summed E-state index contributed by atoms with van der Waals surface area (Å²) in [4.78, 5) is 17.9. The molecule has 1 atom stereocenters. The molecule has 2 aliphatic rings. The summed E-state index contributed by atoms with van der Waals surface area (Å²) in [5.74, 6) is -0.206. The first-order valence-corrected chi connectivity index (χ1v) is 8.25. The quantitative estimate of drug-likeness (QED) is 0.868. The van der Waals surface area contributed by atoms with E-state index in [9.17, 15) is 9.90 Å². The van der Waals surface area contributed by atoms with Crippen LogP contribution in [0.15, 0.2) is 29.4 Å².